The molecule has 2 aliphatic rings. The number of imidazole rings is 1. The van der Waals surface area contributed by atoms with Crippen molar-refractivity contribution in [2.24, 2.45) is 10.7 Å². The number of hydrogen-bond donors (Lipinski definition) is 3. The summed E-state index contributed by atoms with van der Waals surface area (Å²) in [6, 6.07) is 0. The maximum Gasteiger partial charge on any atom is 0.260 e. The van der Waals surface area contributed by atoms with Crippen LogP contribution in [0.15, 0.2) is 11.3 Å². The lowest BCUT2D eigenvalue weighted by atomic mass is 10.3. The Kier molecular flexibility index (Phi) is 4.98. The smallest absolute Gasteiger partial charge is 0.260 e. The standard InChI is InChI=1S/C12H22N7O3P/c1-18(2)23(20)21-6-8-3-14-5-10(22-8)19-7-16-9-4-15-12(13)17-11(9)19/h7-8,10,14,23H,3-6H2,1-2H3,(H3,13,15,17)/t8-,10+/m0/s1. The first-order valence-electron chi connectivity index (χ1n) is 7.38. The predicted octanol–water partition coefficient (Wildman–Crippen LogP) is -0.613. The van der Waals surface area contributed by atoms with Crippen molar-refractivity contribution in [1.29, 1.82) is 0 Å². The topological polar surface area (TPSA) is 119 Å². The molecule has 1 fully saturated rings. The lowest BCUT2D eigenvalue weighted by Crippen LogP contribution is -2.44. The predicted molar refractivity (Wildman–Crippen MR) is 85.8 cm³/mol. The van der Waals surface area contributed by atoms with Crippen molar-refractivity contribution in [3.8, 4) is 0 Å². The average molecular weight is 343 g/mol. The van der Waals surface area contributed by atoms with Gasteiger partial charge in [0.25, 0.3) is 8.18 Å². The molecule has 10 nitrogen and oxygen atoms in total. The molecule has 1 saturated heterocycles. The van der Waals surface area contributed by atoms with Crippen molar-refractivity contribution in [3.05, 3.63) is 12.0 Å². The third-order valence-electron chi connectivity index (χ3n) is 3.61. The fourth-order valence-electron chi connectivity index (χ4n) is 2.42. The molecule has 2 aliphatic heterocycles. The number of aromatic nitrogens is 2. The number of morpholine rings is 1. The molecule has 4 N–H and O–H groups in total. The van der Waals surface area contributed by atoms with Crippen LogP contribution in [0.1, 0.15) is 11.9 Å². The van der Waals surface area contributed by atoms with Gasteiger partial charge in [0.1, 0.15) is 11.9 Å². The minimum Gasteiger partial charge on any atom is -0.370 e. The van der Waals surface area contributed by atoms with Gasteiger partial charge in [-0.3, -0.25) is 9.13 Å². The van der Waals surface area contributed by atoms with Crippen LogP contribution in [0.25, 0.3) is 0 Å². The number of rotatable bonds is 5. The molecule has 0 aliphatic carbocycles. The Hall–Kier alpha value is -1.45. The van der Waals surface area contributed by atoms with Gasteiger partial charge in [0.2, 0.25) is 0 Å². The van der Waals surface area contributed by atoms with Gasteiger partial charge in [-0.1, -0.05) is 0 Å². The quantitative estimate of drug-likeness (QED) is 0.606. The van der Waals surface area contributed by atoms with Crippen LogP contribution >= 0.6 is 8.18 Å². The molecule has 11 heteroatoms. The Bertz CT molecular complexity index is 618. The largest absolute Gasteiger partial charge is 0.370 e. The van der Waals surface area contributed by atoms with Gasteiger partial charge in [-0.2, -0.15) is 4.99 Å². The lowest BCUT2D eigenvalue weighted by Gasteiger charge is -2.32. The van der Waals surface area contributed by atoms with E-state index in [9.17, 15) is 4.57 Å². The first kappa shape index (κ1) is 16.4. The minimum atomic E-state index is -2.19. The average Bonchev–Trinajstić information content (AvgIpc) is 2.95. The molecule has 3 heterocycles. The summed E-state index contributed by atoms with van der Waals surface area (Å²) >= 11 is 0. The zero-order valence-electron chi connectivity index (χ0n) is 13.2. The highest BCUT2D eigenvalue weighted by atomic mass is 31.1. The van der Waals surface area contributed by atoms with Gasteiger partial charge in [-0.15, -0.1) is 0 Å². The number of ether oxygens (including phenoxy) is 1. The van der Waals surface area contributed by atoms with Crippen LogP contribution < -0.4 is 16.4 Å². The molecule has 0 radical (unpaired) electrons. The zero-order valence-corrected chi connectivity index (χ0v) is 14.2. The van der Waals surface area contributed by atoms with Gasteiger partial charge in [-0.05, 0) is 14.1 Å². The molecular weight excluding hydrogens is 321 g/mol. The summed E-state index contributed by atoms with van der Waals surface area (Å²) in [5, 5.41) is 6.24. The summed E-state index contributed by atoms with van der Waals surface area (Å²) in [7, 11) is 1.25. The van der Waals surface area contributed by atoms with Crippen LogP contribution in [-0.4, -0.2) is 60.1 Å². The zero-order chi connectivity index (χ0) is 16.4. The van der Waals surface area contributed by atoms with Crippen molar-refractivity contribution < 1.29 is 13.8 Å². The van der Waals surface area contributed by atoms with Crippen LogP contribution in [0.2, 0.25) is 0 Å². The molecule has 0 bridgehead atoms. The number of nitrogens with one attached hydrogen (secondary N) is 2. The van der Waals surface area contributed by atoms with Gasteiger partial charge in [0.15, 0.2) is 11.8 Å². The first-order valence-corrected chi connectivity index (χ1v) is 8.65. The first-order chi connectivity index (χ1) is 11.0. The van der Waals surface area contributed by atoms with Crippen LogP contribution in [-0.2, 0) is 20.4 Å². The van der Waals surface area contributed by atoms with Gasteiger partial charge in [-0.25, -0.2) is 9.65 Å². The molecule has 3 rings (SSSR count). The highest BCUT2D eigenvalue weighted by Gasteiger charge is 2.27. The van der Waals surface area contributed by atoms with Crippen LogP contribution in [0, 0.1) is 0 Å². The number of hydrogen-bond acceptors (Lipinski definition) is 8. The van der Waals surface area contributed by atoms with E-state index in [2.05, 4.69) is 20.6 Å². The van der Waals surface area contributed by atoms with Crippen molar-refractivity contribution in [2.75, 3.05) is 33.8 Å². The molecule has 0 saturated carbocycles. The highest BCUT2D eigenvalue weighted by Crippen LogP contribution is 2.29. The molecule has 23 heavy (non-hydrogen) atoms. The van der Waals surface area contributed by atoms with E-state index in [1.165, 1.54) is 0 Å². The number of nitrogens with zero attached hydrogens (tertiary/aromatic N) is 4. The summed E-state index contributed by atoms with van der Waals surface area (Å²) in [4.78, 5) is 8.63. The van der Waals surface area contributed by atoms with E-state index in [1.807, 2.05) is 4.57 Å². The fraction of sp³-hybridized carbons (Fsp3) is 0.667. The lowest BCUT2D eigenvalue weighted by molar-refractivity contribution is -0.0902. The van der Waals surface area contributed by atoms with Gasteiger partial charge < -0.3 is 25.6 Å². The number of nitrogens with two attached hydrogens (primary N) is 1. The summed E-state index contributed by atoms with van der Waals surface area (Å²) in [5.41, 5.74) is 6.56. The molecule has 1 aromatic heterocycles. The number of fused-ring (bicyclic) bond motifs is 1. The third-order valence-corrected chi connectivity index (χ3v) is 4.76. The summed E-state index contributed by atoms with van der Waals surface area (Å²) in [6.45, 7) is 2.09. The SMILES string of the molecule is CN(C)[PH](=O)OC[C@@H]1CNC[C@H](n2cnc3c2N=C(N)NC3)O1. The van der Waals surface area contributed by atoms with Crippen LogP contribution in [0.4, 0.5) is 5.82 Å². The number of guanidine groups is 1. The highest BCUT2D eigenvalue weighted by molar-refractivity contribution is 7.36. The summed E-state index contributed by atoms with van der Waals surface area (Å²) in [6.07, 6.45) is 1.25. The Balaban J connectivity index is 1.66. The Morgan fingerprint density at radius 3 is 3.17 bits per heavy atom. The van der Waals surface area contributed by atoms with E-state index < -0.39 is 8.18 Å². The molecule has 3 atom stereocenters. The molecule has 1 unspecified atom stereocenters. The third kappa shape index (κ3) is 3.73. The Morgan fingerprint density at radius 2 is 2.39 bits per heavy atom. The van der Waals surface area contributed by atoms with Crippen LogP contribution in [0.3, 0.4) is 0 Å². The van der Waals surface area contributed by atoms with E-state index in [0.29, 0.717) is 31.4 Å². The van der Waals surface area contributed by atoms with Crippen molar-refractivity contribution in [3.63, 3.8) is 0 Å². The second kappa shape index (κ2) is 6.98. The fourth-order valence-corrected chi connectivity index (χ4v) is 3.01. The second-order valence-electron chi connectivity index (χ2n) is 5.62. The van der Waals surface area contributed by atoms with Gasteiger partial charge in [0.05, 0.1) is 25.6 Å². The van der Waals surface area contributed by atoms with Crippen molar-refractivity contribution in [2.45, 2.75) is 18.9 Å². The number of aliphatic imine (C=N–C) groups is 1. The molecule has 0 amide bonds. The normalized spacial score (nSPS) is 25.6. The van der Waals surface area contributed by atoms with Crippen molar-refractivity contribution in [1.82, 2.24) is 24.9 Å². The monoisotopic (exact) mass is 343 g/mol. The molecule has 1 aromatic rings. The maximum absolute atomic E-state index is 11.7. The van der Waals surface area contributed by atoms with E-state index in [1.54, 1.807) is 25.1 Å². The minimum absolute atomic E-state index is 0.191. The summed E-state index contributed by atoms with van der Waals surface area (Å²) in [5.74, 6) is 1.07. The van der Waals surface area contributed by atoms with Gasteiger partial charge >= 0.3 is 0 Å². The van der Waals surface area contributed by atoms with E-state index in [4.69, 9.17) is 15.0 Å². The Morgan fingerprint density at radius 1 is 1.57 bits per heavy atom. The molecule has 0 aromatic carbocycles. The molecule has 0 spiro atoms. The molecule has 128 valence electrons. The van der Waals surface area contributed by atoms with Gasteiger partial charge in [0, 0.05) is 13.1 Å². The Labute approximate surface area is 135 Å². The van der Waals surface area contributed by atoms with E-state index >= 15 is 0 Å². The maximum atomic E-state index is 11.7. The second-order valence-corrected chi connectivity index (χ2v) is 7.33. The summed E-state index contributed by atoms with van der Waals surface area (Å²) < 4.78 is 26.5. The van der Waals surface area contributed by atoms with E-state index in [-0.39, 0.29) is 18.9 Å². The van der Waals surface area contributed by atoms with Crippen molar-refractivity contribution >= 4 is 20.0 Å². The van der Waals surface area contributed by atoms with E-state index in [0.717, 1.165) is 5.69 Å². The van der Waals surface area contributed by atoms with Crippen LogP contribution in [0.5, 0.6) is 0 Å². The molecular formula is C12H22N7O3P.